The predicted molar refractivity (Wildman–Crippen MR) is 115 cm³/mol. The van der Waals surface area contributed by atoms with Gasteiger partial charge in [0.15, 0.2) is 0 Å². The maximum atomic E-state index is 13.2. The molecule has 8 heteroatoms. The van der Waals surface area contributed by atoms with Crippen molar-refractivity contribution in [2.75, 3.05) is 20.1 Å². The van der Waals surface area contributed by atoms with E-state index in [-0.39, 0.29) is 36.7 Å². The van der Waals surface area contributed by atoms with Crippen LogP contribution in [0.15, 0.2) is 48.8 Å². The number of carbonyl (C=O) groups excluding carboxylic acids is 3. The van der Waals surface area contributed by atoms with Crippen LogP contribution in [-0.2, 0) is 19.8 Å². The molecule has 162 valence electrons. The summed E-state index contributed by atoms with van der Waals surface area (Å²) in [6, 6.07) is 10.6. The van der Waals surface area contributed by atoms with E-state index < -0.39 is 5.41 Å². The summed E-state index contributed by atoms with van der Waals surface area (Å²) in [5.74, 6) is -0.130. The van der Waals surface area contributed by atoms with Crippen LogP contribution in [0.1, 0.15) is 31.2 Å². The molecule has 3 heterocycles. The number of pyridine rings is 1. The predicted octanol–water partition coefficient (Wildman–Crippen LogP) is 2.82. The minimum atomic E-state index is -1.26. The van der Waals surface area contributed by atoms with E-state index in [2.05, 4.69) is 4.98 Å². The number of nitrogens with zero attached hydrogens (tertiary/aromatic N) is 3. The van der Waals surface area contributed by atoms with Gasteiger partial charge in [-0.15, -0.1) is 0 Å². The van der Waals surface area contributed by atoms with Gasteiger partial charge in [-0.3, -0.25) is 24.3 Å². The molecule has 2 aliphatic rings. The van der Waals surface area contributed by atoms with E-state index in [9.17, 15) is 14.4 Å². The number of imide groups is 1. The number of benzene rings is 1. The number of hydrogen-bond donors (Lipinski definition) is 0. The Bertz CT molecular complexity index is 991. The first-order valence-corrected chi connectivity index (χ1v) is 10.7. The second-order valence-corrected chi connectivity index (χ2v) is 8.47. The Kier molecular flexibility index (Phi) is 5.96. The molecule has 0 spiro atoms. The van der Waals surface area contributed by atoms with Gasteiger partial charge in [0.05, 0.1) is 11.6 Å². The van der Waals surface area contributed by atoms with Crippen LogP contribution in [0.3, 0.4) is 0 Å². The first kappa shape index (κ1) is 21.3. The topological polar surface area (TPSA) is 79.8 Å². The van der Waals surface area contributed by atoms with Crippen LogP contribution < -0.4 is 4.74 Å². The molecule has 1 unspecified atom stereocenters. The third-order valence-corrected chi connectivity index (χ3v) is 6.44. The van der Waals surface area contributed by atoms with Crippen molar-refractivity contribution in [3.63, 3.8) is 0 Å². The van der Waals surface area contributed by atoms with Crippen LogP contribution in [0.4, 0.5) is 0 Å². The Labute approximate surface area is 185 Å². The zero-order chi connectivity index (χ0) is 22.0. The van der Waals surface area contributed by atoms with Crippen molar-refractivity contribution in [3.05, 3.63) is 59.4 Å². The van der Waals surface area contributed by atoms with Gasteiger partial charge in [0.1, 0.15) is 11.9 Å². The molecular weight excluding hydrogens is 418 g/mol. The number of halogens is 1. The third-order valence-electron chi connectivity index (χ3n) is 6.12. The number of rotatable bonds is 5. The van der Waals surface area contributed by atoms with Crippen molar-refractivity contribution in [1.29, 1.82) is 0 Å². The number of amides is 3. The number of piperidine rings is 1. The summed E-state index contributed by atoms with van der Waals surface area (Å²) in [6.07, 6.45) is 4.60. The molecule has 1 aromatic carbocycles. The van der Waals surface area contributed by atoms with Crippen molar-refractivity contribution in [1.82, 2.24) is 14.8 Å². The standard InChI is InChI=1S/C23H24ClN3O4/c1-26-20(28)13-23(22(26)30,18-6-2-3-7-19(18)24)14-21(29)27-11-8-16(9-12-27)31-17-5-4-10-25-15-17/h2-7,10,15-16H,8-9,11-14H2,1H3. The average molecular weight is 442 g/mol. The molecule has 0 N–H and O–H groups in total. The molecule has 2 saturated heterocycles. The van der Waals surface area contributed by atoms with E-state index in [1.807, 2.05) is 12.1 Å². The van der Waals surface area contributed by atoms with Gasteiger partial charge >= 0.3 is 0 Å². The first-order valence-electron chi connectivity index (χ1n) is 10.3. The van der Waals surface area contributed by atoms with Crippen molar-refractivity contribution in [2.24, 2.45) is 0 Å². The highest BCUT2D eigenvalue weighted by molar-refractivity contribution is 6.32. The zero-order valence-electron chi connectivity index (χ0n) is 17.3. The summed E-state index contributed by atoms with van der Waals surface area (Å²) < 4.78 is 5.94. The SMILES string of the molecule is CN1C(=O)CC(CC(=O)N2CCC(Oc3cccnc3)CC2)(c2ccccc2Cl)C1=O. The molecule has 0 bridgehead atoms. The molecule has 0 radical (unpaired) electrons. The van der Waals surface area contributed by atoms with Crippen LogP contribution in [0.2, 0.25) is 5.02 Å². The summed E-state index contributed by atoms with van der Waals surface area (Å²) in [5.41, 5.74) is -0.730. The van der Waals surface area contributed by atoms with E-state index >= 15 is 0 Å². The molecule has 0 saturated carbocycles. The van der Waals surface area contributed by atoms with Crippen molar-refractivity contribution in [2.45, 2.75) is 37.2 Å². The number of carbonyl (C=O) groups is 3. The monoisotopic (exact) mass is 441 g/mol. The van der Waals surface area contributed by atoms with Crippen molar-refractivity contribution in [3.8, 4) is 5.75 Å². The van der Waals surface area contributed by atoms with E-state index in [0.29, 0.717) is 42.3 Å². The minimum absolute atomic E-state index is 0.00611. The number of likely N-dealkylation sites (N-methyl/N-ethyl adjacent to an activating group) is 1. The molecule has 1 atom stereocenters. The smallest absolute Gasteiger partial charge is 0.240 e. The van der Waals surface area contributed by atoms with Gasteiger partial charge in [0.25, 0.3) is 0 Å². The summed E-state index contributed by atoms with van der Waals surface area (Å²) in [5, 5.41) is 0.385. The maximum absolute atomic E-state index is 13.2. The Hall–Kier alpha value is -2.93. The largest absolute Gasteiger partial charge is 0.489 e. The van der Waals surface area contributed by atoms with Crippen LogP contribution in [0.25, 0.3) is 0 Å². The van der Waals surface area contributed by atoms with E-state index in [0.717, 1.165) is 4.90 Å². The fraction of sp³-hybridized carbons (Fsp3) is 0.391. The number of aromatic nitrogens is 1. The van der Waals surface area contributed by atoms with Gasteiger partial charge in [-0.1, -0.05) is 29.8 Å². The molecular formula is C23H24ClN3O4. The average Bonchev–Trinajstić information content (AvgIpc) is 2.99. The number of hydrogen-bond acceptors (Lipinski definition) is 5. The van der Waals surface area contributed by atoms with Crippen LogP contribution in [-0.4, -0.2) is 58.7 Å². The summed E-state index contributed by atoms with van der Waals surface area (Å²) in [6.45, 7) is 1.06. The molecule has 2 aliphatic heterocycles. The molecule has 2 fully saturated rings. The molecule has 0 aliphatic carbocycles. The highest BCUT2D eigenvalue weighted by Crippen LogP contribution is 2.42. The van der Waals surface area contributed by atoms with Crippen LogP contribution in [0.5, 0.6) is 5.75 Å². The highest BCUT2D eigenvalue weighted by atomic mass is 35.5. The summed E-state index contributed by atoms with van der Waals surface area (Å²) in [4.78, 5) is 45.6. The number of ether oxygens (including phenoxy) is 1. The molecule has 7 nitrogen and oxygen atoms in total. The zero-order valence-corrected chi connectivity index (χ0v) is 18.0. The third kappa shape index (κ3) is 4.14. The number of likely N-dealkylation sites (tertiary alicyclic amines) is 2. The second-order valence-electron chi connectivity index (χ2n) is 8.06. The Morgan fingerprint density at radius 1 is 1.19 bits per heavy atom. The minimum Gasteiger partial charge on any atom is -0.489 e. The Morgan fingerprint density at radius 2 is 1.94 bits per heavy atom. The molecule has 2 aromatic rings. The Balaban J connectivity index is 1.47. The molecule has 1 aromatic heterocycles. The van der Waals surface area contributed by atoms with E-state index in [1.54, 1.807) is 41.6 Å². The van der Waals surface area contributed by atoms with Gasteiger partial charge in [-0.05, 0) is 23.8 Å². The van der Waals surface area contributed by atoms with Gasteiger partial charge in [0, 0.05) is 57.0 Å². The van der Waals surface area contributed by atoms with Crippen molar-refractivity contribution >= 4 is 29.3 Å². The van der Waals surface area contributed by atoms with Crippen LogP contribution in [0, 0.1) is 0 Å². The normalized spacial score (nSPS) is 22.1. The summed E-state index contributed by atoms with van der Waals surface area (Å²) in [7, 11) is 1.45. The van der Waals surface area contributed by atoms with Gasteiger partial charge in [-0.2, -0.15) is 0 Å². The lowest BCUT2D eigenvalue weighted by Gasteiger charge is -2.35. The van der Waals surface area contributed by atoms with Gasteiger partial charge in [-0.25, -0.2) is 0 Å². The molecule has 31 heavy (non-hydrogen) atoms. The lowest BCUT2D eigenvalue weighted by Crippen LogP contribution is -2.46. The van der Waals surface area contributed by atoms with Gasteiger partial charge < -0.3 is 9.64 Å². The fourth-order valence-corrected chi connectivity index (χ4v) is 4.70. The maximum Gasteiger partial charge on any atom is 0.240 e. The first-order chi connectivity index (χ1) is 14.9. The Morgan fingerprint density at radius 3 is 2.55 bits per heavy atom. The summed E-state index contributed by atoms with van der Waals surface area (Å²) >= 11 is 6.39. The van der Waals surface area contributed by atoms with E-state index in [4.69, 9.17) is 16.3 Å². The van der Waals surface area contributed by atoms with Crippen molar-refractivity contribution < 1.29 is 19.1 Å². The van der Waals surface area contributed by atoms with E-state index in [1.165, 1.54) is 7.05 Å². The lowest BCUT2D eigenvalue weighted by atomic mass is 9.75. The quantitative estimate of drug-likeness (QED) is 0.666. The lowest BCUT2D eigenvalue weighted by molar-refractivity contribution is -0.142. The molecule has 4 rings (SSSR count). The van der Waals surface area contributed by atoms with Gasteiger partial charge in [0.2, 0.25) is 17.7 Å². The highest BCUT2D eigenvalue weighted by Gasteiger charge is 2.53. The van der Waals surface area contributed by atoms with Crippen LogP contribution >= 0.6 is 11.6 Å². The fourth-order valence-electron chi connectivity index (χ4n) is 4.38. The molecule has 3 amide bonds. The second kappa shape index (κ2) is 8.67.